The molecule has 0 bridgehead atoms. The minimum absolute atomic E-state index is 0.0448. The topological polar surface area (TPSA) is 35.6 Å². The zero-order valence-corrected chi connectivity index (χ0v) is 8.71. The summed E-state index contributed by atoms with van der Waals surface area (Å²) in [7, 11) is 1.68. The number of urea groups is 1. The van der Waals surface area contributed by atoms with E-state index in [0.29, 0.717) is 6.04 Å². The maximum atomic E-state index is 11.2. The molecule has 2 amide bonds. The minimum atomic E-state index is 0.0448. The van der Waals surface area contributed by atoms with Gasteiger partial charge in [-0.3, -0.25) is 4.90 Å². The number of nitrogens with zero attached hydrogens (tertiary/aromatic N) is 2. The normalized spacial score (nSPS) is 19.2. The average molecular weight is 185 g/mol. The van der Waals surface area contributed by atoms with E-state index < -0.39 is 0 Å². The molecule has 1 fully saturated rings. The summed E-state index contributed by atoms with van der Waals surface area (Å²) in [4.78, 5) is 15.5. The Hall–Kier alpha value is -0.770. The van der Waals surface area contributed by atoms with Gasteiger partial charge in [-0.25, -0.2) is 4.79 Å². The first-order chi connectivity index (χ1) is 6.15. The molecular weight excluding hydrogens is 166 g/mol. The van der Waals surface area contributed by atoms with Crippen molar-refractivity contribution in [2.45, 2.75) is 19.9 Å². The number of hydrogen-bond acceptors (Lipinski definition) is 2. The summed E-state index contributed by atoms with van der Waals surface area (Å²) in [5.74, 6) is 0. The Morgan fingerprint density at radius 3 is 2.15 bits per heavy atom. The zero-order valence-electron chi connectivity index (χ0n) is 8.71. The molecule has 0 saturated carbocycles. The molecule has 1 aliphatic rings. The van der Waals surface area contributed by atoms with Crippen molar-refractivity contribution >= 4 is 6.03 Å². The van der Waals surface area contributed by atoms with Crippen molar-refractivity contribution in [1.82, 2.24) is 15.1 Å². The second-order valence-corrected chi connectivity index (χ2v) is 3.67. The van der Waals surface area contributed by atoms with Gasteiger partial charge in [0, 0.05) is 39.3 Å². The fourth-order valence-corrected chi connectivity index (χ4v) is 1.60. The van der Waals surface area contributed by atoms with E-state index in [1.165, 1.54) is 0 Å². The lowest BCUT2D eigenvalue weighted by Crippen LogP contribution is -2.52. The van der Waals surface area contributed by atoms with Crippen molar-refractivity contribution in [3.05, 3.63) is 0 Å². The Balaban J connectivity index is 2.34. The first-order valence-electron chi connectivity index (χ1n) is 4.86. The molecule has 1 rings (SSSR count). The van der Waals surface area contributed by atoms with E-state index in [4.69, 9.17) is 0 Å². The Bertz CT molecular complexity index is 174. The third-order valence-corrected chi connectivity index (χ3v) is 2.55. The van der Waals surface area contributed by atoms with Crippen molar-refractivity contribution < 1.29 is 4.79 Å². The number of carbonyl (C=O) groups is 1. The summed E-state index contributed by atoms with van der Waals surface area (Å²) < 4.78 is 0. The number of piperazine rings is 1. The molecule has 4 heteroatoms. The molecule has 0 aromatic heterocycles. The van der Waals surface area contributed by atoms with Gasteiger partial charge in [-0.2, -0.15) is 0 Å². The molecule has 0 aromatic rings. The molecule has 76 valence electrons. The Labute approximate surface area is 79.9 Å². The summed E-state index contributed by atoms with van der Waals surface area (Å²) in [5, 5.41) is 2.65. The van der Waals surface area contributed by atoms with Crippen molar-refractivity contribution in [1.29, 1.82) is 0 Å². The van der Waals surface area contributed by atoms with Gasteiger partial charge in [-0.15, -0.1) is 0 Å². The van der Waals surface area contributed by atoms with Gasteiger partial charge in [-0.1, -0.05) is 0 Å². The highest BCUT2D eigenvalue weighted by Crippen LogP contribution is 2.05. The van der Waals surface area contributed by atoms with Gasteiger partial charge in [0.05, 0.1) is 0 Å². The first-order valence-corrected chi connectivity index (χ1v) is 4.86. The minimum Gasteiger partial charge on any atom is -0.341 e. The molecule has 4 nitrogen and oxygen atoms in total. The Morgan fingerprint density at radius 1 is 1.23 bits per heavy atom. The molecule has 0 atom stereocenters. The molecule has 1 N–H and O–H groups in total. The second-order valence-electron chi connectivity index (χ2n) is 3.67. The Morgan fingerprint density at radius 2 is 1.77 bits per heavy atom. The summed E-state index contributed by atoms with van der Waals surface area (Å²) >= 11 is 0. The quantitative estimate of drug-likeness (QED) is 0.640. The van der Waals surface area contributed by atoms with Crippen LogP contribution in [0.25, 0.3) is 0 Å². The third kappa shape index (κ3) is 2.59. The molecule has 1 saturated heterocycles. The summed E-state index contributed by atoms with van der Waals surface area (Å²) in [6.45, 7) is 8.05. The van der Waals surface area contributed by atoms with Crippen LogP contribution in [0.1, 0.15) is 13.8 Å². The van der Waals surface area contributed by atoms with Crippen LogP contribution in [0, 0.1) is 0 Å². The fraction of sp³-hybridized carbons (Fsp3) is 0.889. The maximum Gasteiger partial charge on any atom is 0.317 e. The van der Waals surface area contributed by atoms with Crippen LogP contribution >= 0.6 is 0 Å². The predicted molar refractivity (Wildman–Crippen MR) is 52.7 cm³/mol. The lowest BCUT2D eigenvalue weighted by atomic mass is 10.2. The number of rotatable bonds is 1. The van der Waals surface area contributed by atoms with Crippen LogP contribution in [0.15, 0.2) is 0 Å². The van der Waals surface area contributed by atoms with Crippen molar-refractivity contribution in [3.8, 4) is 0 Å². The van der Waals surface area contributed by atoms with Gasteiger partial charge in [0.15, 0.2) is 0 Å². The molecule has 13 heavy (non-hydrogen) atoms. The van der Waals surface area contributed by atoms with Crippen molar-refractivity contribution in [3.63, 3.8) is 0 Å². The van der Waals surface area contributed by atoms with Crippen molar-refractivity contribution in [2.24, 2.45) is 0 Å². The lowest BCUT2D eigenvalue weighted by Gasteiger charge is -2.36. The largest absolute Gasteiger partial charge is 0.341 e. The zero-order chi connectivity index (χ0) is 9.84. The van der Waals surface area contributed by atoms with Crippen LogP contribution in [-0.2, 0) is 0 Å². The van der Waals surface area contributed by atoms with E-state index in [9.17, 15) is 4.79 Å². The highest BCUT2D eigenvalue weighted by Gasteiger charge is 2.21. The Kier molecular flexibility index (Phi) is 3.54. The maximum absolute atomic E-state index is 11.2. The molecule has 0 radical (unpaired) electrons. The van der Waals surface area contributed by atoms with E-state index in [1.807, 2.05) is 4.90 Å². The lowest BCUT2D eigenvalue weighted by molar-refractivity contribution is 0.120. The third-order valence-electron chi connectivity index (χ3n) is 2.55. The first kappa shape index (κ1) is 10.3. The predicted octanol–water partition coefficient (Wildman–Crippen LogP) is 0.352. The van der Waals surface area contributed by atoms with Gasteiger partial charge in [0.2, 0.25) is 0 Å². The van der Waals surface area contributed by atoms with E-state index in [2.05, 4.69) is 24.1 Å². The van der Waals surface area contributed by atoms with Crippen LogP contribution in [0.4, 0.5) is 4.79 Å². The highest BCUT2D eigenvalue weighted by atomic mass is 16.2. The molecule has 0 unspecified atom stereocenters. The molecule has 0 spiro atoms. The number of hydrogen-bond donors (Lipinski definition) is 1. The monoisotopic (exact) mass is 185 g/mol. The highest BCUT2D eigenvalue weighted by molar-refractivity contribution is 5.73. The van der Waals surface area contributed by atoms with E-state index >= 15 is 0 Å². The molecule has 0 aromatic carbocycles. The van der Waals surface area contributed by atoms with Crippen LogP contribution in [0.3, 0.4) is 0 Å². The fourth-order valence-electron chi connectivity index (χ4n) is 1.60. The van der Waals surface area contributed by atoms with Gasteiger partial charge in [-0.05, 0) is 13.8 Å². The average Bonchev–Trinajstić information content (AvgIpc) is 2.17. The van der Waals surface area contributed by atoms with Gasteiger partial charge in [0.1, 0.15) is 0 Å². The molecule has 0 aliphatic carbocycles. The van der Waals surface area contributed by atoms with Crippen LogP contribution in [-0.4, -0.2) is 55.1 Å². The van der Waals surface area contributed by atoms with E-state index in [0.717, 1.165) is 26.2 Å². The molecule has 1 heterocycles. The van der Waals surface area contributed by atoms with E-state index in [1.54, 1.807) is 7.05 Å². The summed E-state index contributed by atoms with van der Waals surface area (Å²) in [6.07, 6.45) is 0. The van der Waals surface area contributed by atoms with Crippen LogP contribution in [0.2, 0.25) is 0 Å². The summed E-state index contributed by atoms with van der Waals surface area (Å²) in [6, 6.07) is 0.634. The SMILES string of the molecule is CNC(=O)N1CCN(C(C)C)CC1. The van der Waals surface area contributed by atoms with Gasteiger partial charge in [0.25, 0.3) is 0 Å². The number of carbonyl (C=O) groups excluding carboxylic acids is 1. The summed E-state index contributed by atoms with van der Waals surface area (Å²) in [5.41, 5.74) is 0. The number of nitrogens with one attached hydrogen (secondary N) is 1. The van der Waals surface area contributed by atoms with Crippen LogP contribution < -0.4 is 5.32 Å². The second kappa shape index (κ2) is 4.46. The number of amides is 2. The van der Waals surface area contributed by atoms with Crippen molar-refractivity contribution in [2.75, 3.05) is 33.2 Å². The molecular formula is C9H19N3O. The van der Waals surface area contributed by atoms with Gasteiger partial charge < -0.3 is 10.2 Å². The smallest absolute Gasteiger partial charge is 0.317 e. The van der Waals surface area contributed by atoms with Gasteiger partial charge >= 0.3 is 6.03 Å². The van der Waals surface area contributed by atoms with E-state index in [-0.39, 0.29) is 6.03 Å². The van der Waals surface area contributed by atoms with Crippen LogP contribution in [0.5, 0.6) is 0 Å². The standard InChI is InChI=1S/C9H19N3O/c1-8(2)11-4-6-12(7-5-11)9(13)10-3/h8H,4-7H2,1-3H3,(H,10,13). The molecule has 1 aliphatic heterocycles.